The van der Waals surface area contributed by atoms with Crippen LogP contribution >= 0.6 is 0 Å². The number of imidazole rings is 1. The second-order valence-corrected chi connectivity index (χ2v) is 5.38. The Bertz CT molecular complexity index is 777. The Morgan fingerprint density at radius 2 is 2.00 bits per heavy atom. The molecule has 0 radical (unpaired) electrons. The van der Waals surface area contributed by atoms with Gasteiger partial charge in [-0.25, -0.2) is 4.98 Å². The first-order valence-corrected chi connectivity index (χ1v) is 7.50. The number of aromatic nitrogens is 2. The molecule has 1 N–H and O–H groups in total. The summed E-state index contributed by atoms with van der Waals surface area (Å²) in [6.07, 6.45) is 5.71. The summed E-state index contributed by atoms with van der Waals surface area (Å²) in [7, 11) is 0. The molecule has 0 bridgehead atoms. The molecule has 0 atom stereocenters. The van der Waals surface area contributed by atoms with E-state index >= 15 is 0 Å². The van der Waals surface area contributed by atoms with Crippen molar-refractivity contribution >= 4 is 11.6 Å². The van der Waals surface area contributed by atoms with Gasteiger partial charge in [0.25, 0.3) is 5.91 Å². The van der Waals surface area contributed by atoms with Crippen LogP contribution in [0, 0.1) is 6.92 Å². The maximum Gasteiger partial charge on any atom is 0.255 e. The highest BCUT2D eigenvalue weighted by Crippen LogP contribution is 2.10. The molecule has 1 aromatic carbocycles. The summed E-state index contributed by atoms with van der Waals surface area (Å²) in [5.41, 5.74) is 3.53. The molecule has 0 spiro atoms. The topological polar surface area (TPSA) is 46.4 Å². The lowest BCUT2D eigenvalue weighted by molar-refractivity contribution is 0.0954. The zero-order valence-electron chi connectivity index (χ0n) is 12.6. The molecule has 112 valence electrons. The first-order chi connectivity index (χ1) is 10.7. The zero-order valence-corrected chi connectivity index (χ0v) is 12.6. The fourth-order valence-corrected chi connectivity index (χ4v) is 2.55. The lowest BCUT2D eigenvalue weighted by Gasteiger charge is -2.06. The smallest absolute Gasteiger partial charge is 0.255 e. The Morgan fingerprint density at radius 1 is 1.18 bits per heavy atom. The Kier molecular flexibility index (Phi) is 4.19. The van der Waals surface area contributed by atoms with E-state index in [-0.39, 0.29) is 5.91 Å². The second-order valence-electron chi connectivity index (χ2n) is 5.38. The van der Waals surface area contributed by atoms with Gasteiger partial charge in [0.2, 0.25) is 0 Å². The summed E-state index contributed by atoms with van der Waals surface area (Å²) in [5, 5.41) is 2.98. The molecule has 2 aromatic heterocycles. The lowest BCUT2D eigenvalue weighted by atomic mass is 10.1. The van der Waals surface area contributed by atoms with E-state index in [0.29, 0.717) is 17.8 Å². The number of rotatable bonds is 5. The van der Waals surface area contributed by atoms with E-state index in [2.05, 4.69) is 22.4 Å². The number of nitrogens with zero attached hydrogens (tertiary/aromatic N) is 2. The Hall–Kier alpha value is -2.62. The minimum Gasteiger partial charge on any atom is -0.352 e. The van der Waals surface area contributed by atoms with E-state index in [0.717, 1.165) is 18.5 Å². The summed E-state index contributed by atoms with van der Waals surface area (Å²) in [5.74, 6) is -0.0655. The van der Waals surface area contributed by atoms with Gasteiger partial charge >= 0.3 is 0 Å². The molecule has 22 heavy (non-hydrogen) atoms. The number of benzene rings is 1. The molecular formula is C18H19N3O. The summed E-state index contributed by atoms with van der Waals surface area (Å²) in [6.45, 7) is 2.59. The van der Waals surface area contributed by atoms with Crippen LogP contribution in [-0.2, 0) is 6.42 Å². The molecule has 3 rings (SSSR count). The maximum atomic E-state index is 12.3. The molecule has 0 fully saturated rings. The standard InChI is InChI=1S/C18H19N3O/c1-14-13-21-12-6-10-16(17(21)20-14)18(22)19-11-5-9-15-7-3-2-4-8-15/h2-4,6-8,10,12-13H,5,9,11H2,1H3,(H,19,22). The van der Waals surface area contributed by atoms with Gasteiger partial charge in [-0.05, 0) is 37.5 Å². The largest absolute Gasteiger partial charge is 0.352 e. The summed E-state index contributed by atoms with van der Waals surface area (Å²) < 4.78 is 1.88. The number of carbonyl (C=O) groups excluding carboxylic acids is 1. The van der Waals surface area contributed by atoms with Gasteiger partial charge in [0.15, 0.2) is 0 Å². The number of nitrogens with one attached hydrogen (secondary N) is 1. The number of amides is 1. The Morgan fingerprint density at radius 3 is 2.82 bits per heavy atom. The van der Waals surface area contributed by atoms with Gasteiger partial charge in [-0.2, -0.15) is 0 Å². The molecular weight excluding hydrogens is 274 g/mol. The van der Waals surface area contributed by atoms with Crippen molar-refractivity contribution < 1.29 is 4.79 Å². The molecule has 1 amide bonds. The third-order valence-electron chi connectivity index (χ3n) is 3.62. The fourth-order valence-electron chi connectivity index (χ4n) is 2.55. The van der Waals surface area contributed by atoms with Crippen LogP contribution in [0.15, 0.2) is 54.9 Å². The van der Waals surface area contributed by atoms with Crippen LogP contribution in [0.25, 0.3) is 5.65 Å². The van der Waals surface area contributed by atoms with Crippen LogP contribution in [0.3, 0.4) is 0 Å². The summed E-state index contributed by atoms with van der Waals surface area (Å²) in [6, 6.07) is 14.0. The minimum atomic E-state index is -0.0655. The van der Waals surface area contributed by atoms with Crippen LogP contribution < -0.4 is 5.32 Å². The first kappa shape index (κ1) is 14.3. The second kappa shape index (κ2) is 6.43. The van der Waals surface area contributed by atoms with Crippen LogP contribution in [0.5, 0.6) is 0 Å². The van der Waals surface area contributed by atoms with Crippen LogP contribution in [-0.4, -0.2) is 21.8 Å². The van der Waals surface area contributed by atoms with Gasteiger partial charge in [0.05, 0.1) is 11.3 Å². The summed E-state index contributed by atoms with van der Waals surface area (Å²) in [4.78, 5) is 16.7. The van der Waals surface area contributed by atoms with E-state index in [9.17, 15) is 4.79 Å². The number of hydrogen-bond acceptors (Lipinski definition) is 2. The number of carbonyl (C=O) groups is 1. The van der Waals surface area contributed by atoms with Crippen molar-refractivity contribution in [2.75, 3.05) is 6.54 Å². The van der Waals surface area contributed by atoms with E-state index in [1.165, 1.54) is 5.56 Å². The molecule has 3 aromatic rings. The lowest BCUT2D eigenvalue weighted by Crippen LogP contribution is -2.25. The molecule has 0 aliphatic heterocycles. The quantitative estimate of drug-likeness (QED) is 0.735. The van der Waals surface area contributed by atoms with E-state index < -0.39 is 0 Å². The highest BCUT2D eigenvalue weighted by molar-refractivity contribution is 5.99. The van der Waals surface area contributed by atoms with Crippen LogP contribution in [0.2, 0.25) is 0 Å². The molecule has 0 saturated carbocycles. The monoisotopic (exact) mass is 293 g/mol. The number of aryl methyl sites for hydroxylation is 2. The first-order valence-electron chi connectivity index (χ1n) is 7.50. The normalized spacial score (nSPS) is 10.8. The highest BCUT2D eigenvalue weighted by Gasteiger charge is 2.11. The van der Waals surface area contributed by atoms with Gasteiger partial charge in [0.1, 0.15) is 5.65 Å². The van der Waals surface area contributed by atoms with Crippen molar-refractivity contribution in [3.8, 4) is 0 Å². The van der Waals surface area contributed by atoms with Crippen molar-refractivity contribution in [1.82, 2.24) is 14.7 Å². The molecule has 0 saturated heterocycles. The zero-order chi connectivity index (χ0) is 15.4. The van der Waals surface area contributed by atoms with Crippen molar-refractivity contribution in [2.45, 2.75) is 19.8 Å². The number of fused-ring (bicyclic) bond motifs is 1. The van der Waals surface area contributed by atoms with Gasteiger partial charge in [-0.1, -0.05) is 30.3 Å². The van der Waals surface area contributed by atoms with Crippen molar-refractivity contribution in [3.05, 3.63) is 71.7 Å². The molecule has 4 nitrogen and oxygen atoms in total. The van der Waals surface area contributed by atoms with Gasteiger partial charge < -0.3 is 9.72 Å². The molecule has 0 aliphatic rings. The van der Waals surface area contributed by atoms with E-state index in [1.807, 2.05) is 54.0 Å². The fraction of sp³-hybridized carbons (Fsp3) is 0.222. The Labute approximate surface area is 129 Å². The number of hydrogen-bond donors (Lipinski definition) is 1. The highest BCUT2D eigenvalue weighted by atomic mass is 16.1. The third-order valence-corrected chi connectivity index (χ3v) is 3.62. The predicted octanol–water partition coefficient (Wildman–Crippen LogP) is 3.01. The average molecular weight is 293 g/mol. The Balaban J connectivity index is 1.59. The maximum absolute atomic E-state index is 12.3. The SMILES string of the molecule is Cc1cn2cccc(C(=O)NCCCc3ccccc3)c2n1. The van der Waals surface area contributed by atoms with Gasteiger partial charge in [-0.15, -0.1) is 0 Å². The van der Waals surface area contributed by atoms with Crippen LogP contribution in [0.4, 0.5) is 0 Å². The molecule has 0 unspecified atom stereocenters. The van der Waals surface area contributed by atoms with Crippen LogP contribution in [0.1, 0.15) is 28.0 Å². The van der Waals surface area contributed by atoms with Gasteiger partial charge in [-0.3, -0.25) is 4.79 Å². The van der Waals surface area contributed by atoms with Crippen molar-refractivity contribution in [2.24, 2.45) is 0 Å². The average Bonchev–Trinajstić information content (AvgIpc) is 2.92. The summed E-state index contributed by atoms with van der Waals surface area (Å²) >= 11 is 0. The van der Waals surface area contributed by atoms with Gasteiger partial charge in [0, 0.05) is 18.9 Å². The molecule has 2 heterocycles. The predicted molar refractivity (Wildman–Crippen MR) is 87.0 cm³/mol. The van der Waals surface area contributed by atoms with E-state index in [1.54, 1.807) is 0 Å². The number of pyridine rings is 1. The molecule has 4 heteroatoms. The molecule has 0 aliphatic carbocycles. The van der Waals surface area contributed by atoms with Crippen molar-refractivity contribution in [1.29, 1.82) is 0 Å². The van der Waals surface area contributed by atoms with Crippen molar-refractivity contribution in [3.63, 3.8) is 0 Å². The third kappa shape index (κ3) is 3.17. The minimum absolute atomic E-state index is 0.0655. The van der Waals surface area contributed by atoms with E-state index in [4.69, 9.17) is 0 Å².